The molecule has 0 amide bonds. The van der Waals surface area contributed by atoms with Crippen LogP contribution in [0.25, 0.3) is 16.3 Å². The van der Waals surface area contributed by atoms with E-state index in [2.05, 4.69) is 98.0 Å². The molecule has 0 spiro atoms. The molecule has 134 valence electrons. The molecular formula is C25H24N2. The molecule has 0 bridgehead atoms. The van der Waals surface area contributed by atoms with Gasteiger partial charge >= 0.3 is 0 Å². The zero-order valence-electron chi connectivity index (χ0n) is 16.1. The van der Waals surface area contributed by atoms with Gasteiger partial charge in [0.15, 0.2) is 0 Å². The lowest BCUT2D eigenvalue weighted by Gasteiger charge is -2.10. The Morgan fingerprint density at radius 1 is 0.815 bits per heavy atom. The second-order valence-electron chi connectivity index (χ2n) is 7.20. The smallest absolute Gasteiger partial charge is 0.0568 e. The maximum absolute atomic E-state index is 4.50. The molecule has 0 aromatic heterocycles. The molecule has 2 nitrogen and oxygen atoms in total. The van der Waals surface area contributed by atoms with Crippen LogP contribution in [-0.4, -0.2) is 6.21 Å². The minimum absolute atomic E-state index is 0.993. The van der Waals surface area contributed by atoms with Gasteiger partial charge in [0.1, 0.15) is 0 Å². The molecule has 0 saturated carbocycles. The van der Waals surface area contributed by atoms with Crippen LogP contribution in [0.15, 0.2) is 88.6 Å². The summed E-state index contributed by atoms with van der Waals surface area (Å²) in [6.07, 6.45) is 2.95. The standard InChI is InChI=1S/C25H24N2/c1-17-14-25(19(3)18(17)2)24-11-7-6-10-22(24)16-26-27-23-13-12-20-8-4-5-9-21(20)15-23/h4-13,15-16,27H,14H2,1-3H3. The van der Waals surface area contributed by atoms with Crippen molar-refractivity contribution in [3.63, 3.8) is 0 Å². The third kappa shape index (κ3) is 3.43. The van der Waals surface area contributed by atoms with Crippen molar-refractivity contribution < 1.29 is 0 Å². The first-order chi connectivity index (χ1) is 13.1. The summed E-state index contributed by atoms with van der Waals surface area (Å²) in [6, 6.07) is 23.2. The maximum atomic E-state index is 4.50. The van der Waals surface area contributed by atoms with Crippen LogP contribution in [0.1, 0.15) is 38.3 Å². The van der Waals surface area contributed by atoms with Crippen molar-refractivity contribution in [3.8, 4) is 0 Å². The Bertz CT molecular complexity index is 1100. The average Bonchev–Trinajstić information content (AvgIpc) is 2.95. The van der Waals surface area contributed by atoms with E-state index in [1.807, 2.05) is 6.21 Å². The number of fused-ring (bicyclic) bond motifs is 1. The van der Waals surface area contributed by atoms with Crippen molar-refractivity contribution in [2.75, 3.05) is 5.43 Å². The predicted molar refractivity (Wildman–Crippen MR) is 117 cm³/mol. The molecule has 0 saturated heterocycles. The molecule has 3 aromatic carbocycles. The van der Waals surface area contributed by atoms with Gasteiger partial charge < -0.3 is 0 Å². The van der Waals surface area contributed by atoms with Crippen LogP contribution < -0.4 is 5.43 Å². The number of allylic oxidation sites excluding steroid dienone is 4. The minimum Gasteiger partial charge on any atom is -0.278 e. The van der Waals surface area contributed by atoms with Gasteiger partial charge in [-0.25, -0.2) is 0 Å². The van der Waals surface area contributed by atoms with Gasteiger partial charge in [-0.3, -0.25) is 5.43 Å². The highest BCUT2D eigenvalue weighted by Crippen LogP contribution is 2.38. The summed E-state index contributed by atoms with van der Waals surface area (Å²) in [7, 11) is 0. The first kappa shape index (κ1) is 17.3. The number of hydrazone groups is 1. The van der Waals surface area contributed by atoms with Crippen LogP contribution in [0.2, 0.25) is 0 Å². The van der Waals surface area contributed by atoms with Crippen molar-refractivity contribution in [2.45, 2.75) is 27.2 Å². The Kier molecular flexibility index (Phi) is 4.64. The van der Waals surface area contributed by atoms with E-state index in [4.69, 9.17) is 0 Å². The van der Waals surface area contributed by atoms with Gasteiger partial charge in [-0.15, -0.1) is 0 Å². The molecule has 27 heavy (non-hydrogen) atoms. The predicted octanol–water partition coefficient (Wildman–Crippen LogP) is 6.80. The summed E-state index contributed by atoms with van der Waals surface area (Å²) >= 11 is 0. The Morgan fingerprint density at radius 2 is 1.56 bits per heavy atom. The summed E-state index contributed by atoms with van der Waals surface area (Å²) in [5.74, 6) is 0. The number of anilines is 1. The molecule has 0 unspecified atom stereocenters. The van der Waals surface area contributed by atoms with Crippen LogP contribution in [0.3, 0.4) is 0 Å². The summed E-state index contributed by atoms with van der Waals surface area (Å²) < 4.78 is 0. The molecule has 2 heteroatoms. The number of nitrogens with zero attached hydrogens (tertiary/aromatic N) is 1. The van der Waals surface area contributed by atoms with Gasteiger partial charge in [0, 0.05) is 5.56 Å². The lowest BCUT2D eigenvalue weighted by molar-refractivity contribution is 1.22. The zero-order chi connectivity index (χ0) is 18.8. The molecule has 0 aliphatic heterocycles. The van der Waals surface area contributed by atoms with E-state index in [0.717, 1.165) is 17.7 Å². The van der Waals surface area contributed by atoms with Crippen LogP contribution in [0.4, 0.5) is 5.69 Å². The average molecular weight is 352 g/mol. The highest BCUT2D eigenvalue weighted by molar-refractivity contribution is 5.92. The summed E-state index contributed by atoms with van der Waals surface area (Å²) in [5.41, 5.74) is 12.3. The summed E-state index contributed by atoms with van der Waals surface area (Å²) in [5, 5.41) is 6.95. The zero-order valence-corrected chi connectivity index (χ0v) is 16.1. The fraction of sp³-hybridized carbons (Fsp3) is 0.160. The second kappa shape index (κ2) is 7.24. The third-order valence-corrected chi connectivity index (χ3v) is 5.53. The first-order valence-corrected chi connectivity index (χ1v) is 9.37. The number of benzene rings is 3. The van der Waals surface area contributed by atoms with E-state index in [1.165, 1.54) is 38.6 Å². The van der Waals surface area contributed by atoms with Gasteiger partial charge in [-0.05, 0) is 72.4 Å². The largest absolute Gasteiger partial charge is 0.278 e. The molecule has 4 rings (SSSR count). The maximum Gasteiger partial charge on any atom is 0.0568 e. The van der Waals surface area contributed by atoms with Crippen molar-refractivity contribution in [2.24, 2.45) is 5.10 Å². The van der Waals surface area contributed by atoms with Crippen LogP contribution in [0, 0.1) is 0 Å². The molecule has 3 aromatic rings. The molecule has 0 fully saturated rings. The van der Waals surface area contributed by atoms with Gasteiger partial charge in [-0.2, -0.15) is 5.10 Å². The van der Waals surface area contributed by atoms with Crippen molar-refractivity contribution in [3.05, 3.63) is 94.6 Å². The normalized spacial score (nSPS) is 14.6. The van der Waals surface area contributed by atoms with Gasteiger partial charge in [-0.1, -0.05) is 60.2 Å². The van der Waals surface area contributed by atoms with Crippen LogP contribution >= 0.6 is 0 Å². The number of hydrogen-bond donors (Lipinski definition) is 1. The van der Waals surface area contributed by atoms with Crippen molar-refractivity contribution in [1.29, 1.82) is 0 Å². The number of hydrogen-bond acceptors (Lipinski definition) is 2. The van der Waals surface area contributed by atoms with Gasteiger partial charge in [0.25, 0.3) is 0 Å². The van der Waals surface area contributed by atoms with E-state index in [1.54, 1.807) is 0 Å². The lowest BCUT2D eigenvalue weighted by atomic mass is 9.96. The quantitative estimate of drug-likeness (QED) is 0.405. The molecule has 0 heterocycles. The third-order valence-electron chi connectivity index (χ3n) is 5.53. The highest BCUT2D eigenvalue weighted by atomic mass is 15.3. The molecule has 1 aliphatic carbocycles. The second-order valence-corrected chi connectivity index (χ2v) is 7.20. The van der Waals surface area contributed by atoms with Crippen molar-refractivity contribution >= 4 is 28.2 Å². The monoisotopic (exact) mass is 352 g/mol. The SMILES string of the molecule is CC1=C(C)C(C)=C(c2ccccc2C=NNc2ccc3ccccc3c2)C1. The molecular weight excluding hydrogens is 328 g/mol. The van der Waals surface area contributed by atoms with E-state index >= 15 is 0 Å². The van der Waals surface area contributed by atoms with Crippen LogP contribution in [-0.2, 0) is 0 Å². The Labute approximate surface area is 160 Å². The summed E-state index contributed by atoms with van der Waals surface area (Å²) in [6.45, 7) is 6.67. The van der Waals surface area contributed by atoms with Crippen molar-refractivity contribution in [1.82, 2.24) is 0 Å². The van der Waals surface area contributed by atoms with E-state index < -0.39 is 0 Å². The Hall–Kier alpha value is -3.13. The molecule has 0 atom stereocenters. The fourth-order valence-electron chi connectivity index (χ4n) is 3.69. The summed E-state index contributed by atoms with van der Waals surface area (Å²) in [4.78, 5) is 0. The van der Waals surface area contributed by atoms with Crippen LogP contribution in [0.5, 0.6) is 0 Å². The fourth-order valence-corrected chi connectivity index (χ4v) is 3.69. The topological polar surface area (TPSA) is 24.4 Å². The van der Waals surface area contributed by atoms with Gasteiger partial charge in [0.2, 0.25) is 0 Å². The highest BCUT2D eigenvalue weighted by Gasteiger charge is 2.18. The van der Waals surface area contributed by atoms with E-state index in [9.17, 15) is 0 Å². The minimum atomic E-state index is 0.993. The number of rotatable bonds is 4. The Balaban J connectivity index is 1.58. The van der Waals surface area contributed by atoms with E-state index in [-0.39, 0.29) is 0 Å². The molecule has 1 N–H and O–H groups in total. The molecule has 1 aliphatic rings. The van der Waals surface area contributed by atoms with E-state index in [0.29, 0.717) is 0 Å². The first-order valence-electron chi connectivity index (χ1n) is 9.37. The Morgan fingerprint density at radius 3 is 2.33 bits per heavy atom. The van der Waals surface area contributed by atoms with Gasteiger partial charge in [0.05, 0.1) is 11.9 Å². The molecule has 0 radical (unpaired) electrons. The lowest BCUT2D eigenvalue weighted by Crippen LogP contribution is -1.96. The number of nitrogens with one attached hydrogen (secondary N) is 1.